The third kappa shape index (κ3) is 4.58. The molecule has 1 aromatic heterocycles. The SMILES string of the molecule is CC1(C)c2cnc(NC3CCOCC3)nc2CN1C(=O)NNCc1ccc(Br)cc1. The van der Waals surface area contributed by atoms with Crippen LogP contribution >= 0.6 is 15.9 Å². The van der Waals surface area contributed by atoms with Crippen LogP contribution in [0.3, 0.4) is 0 Å². The molecule has 2 aliphatic heterocycles. The number of hydrazine groups is 1. The molecule has 0 saturated carbocycles. The van der Waals surface area contributed by atoms with E-state index < -0.39 is 5.54 Å². The average Bonchev–Trinajstić information content (AvgIpc) is 3.00. The van der Waals surface area contributed by atoms with Gasteiger partial charge in [-0.2, -0.15) is 0 Å². The summed E-state index contributed by atoms with van der Waals surface area (Å²) in [4.78, 5) is 23.8. The van der Waals surface area contributed by atoms with E-state index in [1.165, 1.54) is 0 Å². The van der Waals surface area contributed by atoms with Crippen LogP contribution in [0.1, 0.15) is 43.5 Å². The van der Waals surface area contributed by atoms with E-state index in [2.05, 4.69) is 37.1 Å². The topological polar surface area (TPSA) is 91.4 Å². The molecule has 0 unspecified atom stereocenters. The summed E-state index contributed by atoms with van der Waals surface area (Å²) < 4.78 is 6.43. The van der Waals surface area contributed by atoms with Crippen LogP contribution < -0.4 is 16.2 Å². The van der Waals surface area contributed by atoms with Gasteiger partial charge < -0.3 is 15.0 Å². The Labute approximate surface area is 184 Å². The molecule has 1 aromatic carbocycles. The summed E-state index contributed by atoms with van der Waals surface area (Å²) in [6.07, 6.45) is 3.74. The van der Waals surface area contributed by atoms with Gasteiger partial charge in [0.15, 0.2) is 0 Å². The zero-order valence-electron chi connectivity index (χ0n) is 17.2. The van der Waals surface area contributed by atoms with Crippen LogP contribution in [-0.2, 0) is 23.4 Å². The van der Waals surface area contributed by atoms with Crippen molar-refractivity contribution in [2.45, 2.75) is 51.4 Å². The molecule has 0 radical (unpaired) electrons. The molecule has 0 bridgehead atoms. The van der Waals surface area contributed by atoms with E-state index >= 15 is 0 Å². The molecule has 2 aromatic rings. The standard InChI is InChI=1S/C21H27BrN6O2/c1-21(2)17-12-23-19(25-16-7-9-30-10-8-16)26-18(17)13-28(21)20(29)27-24-11-14-3-5-15(22)6-4-14/h3-6,12,16,24H,7-11,13H2,1-2H3,(H,27,29)(H,23,25,26). The van der Waals surface area contributed by atoms with Crippen LogP contribution in [0.25, 0.3) is 0 Å². The van der Waals surface area contributed by atoms with Gasteiger partial charge >= 0.3 is 6.03 Å². The van der Waals surface area contributed by atoms with Gasteiger partial charge in [-0.25, -0.2) is 20.2 Å². The Hall–Kier alpha value is -2.23. The van der Waals surface area contributed by atoms with Crippen LogP contribution in [0.4, 0.5) is 10.7 Å². The highest BCUT2D eigenvalue weighted by atomic mass is 79.9. The van der Waals surface area contributed by atoms with Crippen molar-refractivity contribution in [3.8, 4) is 0 Å². The third-order valence-electron chi connectivity index (χ3n) is 5.71. The number of fused-ring (bicyclic) bond motifs is 1. The Morgan fingerprint density at radius 2 is 2.00 bits per heavy atom. The highest BCUT2D eigenvalue weighted by molar-refractivity contribution is 9.10. The highest BCUT2D eigenvalue weighted by Gasteiger charge is 2.41. The Balaban J connectivity index is 1.37. The maximum absolute atomic E-state index is 12.8. The smallest absolute Gasteiger partial charge is 0.332 e. The lowest BCUT2D eigenvalue weighted by molar-refractivity contribution is 0.0903. The Kier molecular flexibility index (Phi) is 6.21. The molecule has 160 valence electrons. The zero-order valence-corrected chi connectivity index (χ0v) is 18.8. The van der Waals surface area contributed by atoms with Gasteiger partial charge in [-0.1, -0.05) is 28.1 Å². The van der Waals surface area contributed by atoms with E-state index in [-0.39, 0.29) is 6.03 Å². The van der Waals surface area contributed by atoms with Gasteiger partial charge in [-0.15, -0.1) is 0 Å². The number of hydrogen-bond acceptors (Lipinski definition) is 6. The lowest BCUT2D eigenvalue weighted by Crippen LogP contribution is -2.50. The summed E-state index contributed by atoms with van der Waals surface area (Å²) in [6.45, 7) is 6.54. The monoisotopic (exact) mass is 474 g/mol. The lowest BCUT2D eigenvalue weighted by atomic mass is 9.97. The molecule has 3 heterocycles. The van der Waals surface area contributed by atoms with E-state index in [0.717, 1.165) is 47.3 Å². The Morgan fingerprint density at radius 1 is 1.27 bits per heavy atom. The second kappa shape index (κ2) is 8.87. The minimum atomic E-state index is -0.490. The highest BCUT2D eigenvalue weighted by Crippen LogP contribution is 2.37. The molecule has 30 heavy (non-hydrogen) atoms. The molecular formula is C21H27BrN6O2. The first-order valence-electron chi connectivity index (χ1n) is 10.2. The van der Waals surface area contributed by atoms with E-state index in [9.17, 15) is 4.79 Å². The van der Waals surface area contributed by atoms with Crippen molar-refractivity contribution in [1.29, 1.82) is 0 Å². The van der Waals surface area contributed by atoms with Crippen LogP contribution in [0, 0.1) is 0 Å². The molecule has 9 heteroatoms. The Bertz CT molecular complexity index is 899. The fourth-order valence-corrected chi connectivity index (χ4v) is 4.12. The number of carbonyl (C=O) groups is 1. The van der Waals surface area contributed by atoms with E-state index in [1.54, 1.807) is 4.90 Å². The van der Waals surface area contributed by atoms with Gasteiger partial charge in [0, 0.05) is 42.0 Å². The molecule has 2 aliphatic rings. The molecule has 3 N–H and O–H groups in total. The zero-order chi connectivity index (χ0) is 21.1. The molecule has 4 rings (SSSR count). The third-order valence-corrected chi connectivity index (χ3v) is 6.24. The van der Waals surface area contributed by atoms with Crippen LogP contribution in [0.2, 0.25) is 0 Å². The van der Waals surface area contributed by atoms with Crippen molar-refractivity contribution in [2.75, 3.05) is 18.5 Å². The molecule has 2 amide bonds. The molecule has 0 spiro atoms. The van der Waals surface area contributed by atoms with Crippen molar-refractivity contribution in [2.24, 2.45) is 0 Å². The lowest BCUT2D eigenvalue weighted by Gasteiger charge is -2.32. The number of hydrogen-bond donors (Lipinski definition) is 3. The maximum atomic E-state index is 12.8. The molecule has 8 nitrogen and oxygen atoms in total. The molecule has 0 atom stereocenters. The van der Waals surface area contributed by atoms with Crippen LogP contribution in [0.15, 0.2) is 34.9 Å². The van der Waals surface area contributed by atoms with Gasteiger partial charge in [-0.3, -0.25) is 5.43 Å². The second-order valence-corrected chi connectivity index (χ2v) is 9.06. The van der Waals surface area contributed by atoms with Gasteiger partial charge in [0.1, 0.15) is 0 Å². The normalized spacial score (nSPS) is 18.2. The second-order valence-electron chi connectivity index (χ2n) is 8.14. The Morgan fingerprint density at radius 3 is 2.73 bits per heavy atom. The van der Waals surface area contributed by atoms with E-state index in [0.29, 0.717) is 25.1 Å². The molecule has 1 fully saturated rings. The number of ether oxygens (including phenoxy) is 1. The first-order valence-corrected chi connectivity index (χ1v) is 11.0. The number of halogens is 1. The minimum absolute atomic E-state index is 0.186. The summed E-state index contributed by atoms with van der Waals surface area (Å²) in [5, 5.41) is 3.40. The van der Waals surface area contributed by atoms with E-state index in [1.807, 2.05) is 44.3 Å². The fraction of sp³-hybridized carbons (Fsp3) is 0.476. The average molecular weight is 475 g/mol. The first kappa shape index (κ1) is 21.0. The number of anilines is 1. The molecule has 0 aliphatic carbocycles. The van der Waals surface area contributed by atoms with Gasteiger partial charge in [-0.05, 0) is 44.4 Å². The molecule has 1 saturated heterocycles. The summed E-state index contributed by atoms with van der Waals surface area (Å²) in [6, 6.07) is 8.10. The van der Waals surface area contributed by atoms with Crippen LogP contribution in [0.5, 0.6) is 0 Å². The van der Waals surface area contributed by atoms with Crippen molar-refractivity contribution >= 4 is 27.9 Å². The number of nitrogens with zero attached hydrogens (tertiary/aromatic N) is 3. The maximum Gasteiger partial charge on any atom is 0.332 e. The summed E-state index contributed by atoms with van der Waals surface area (Å²) in [5.41, 5.74) is 8.26. The number of amides is 2. The van der Waals surface area contributed by atoms with Gasteiger partial charge in [0.25, 0.3) is 0 Å². The van der Waals surface area contributed by atoms with Crippen molar-refractivity contribution in [1.82, 2.24) is 25.7 Å². The fourth-order valence-electron chi connectivity index (χ4n) is 3.85. The quantitative estimate of drug-likeness (QED) is 0.575. The number of aromatic nitrogens is 2. The predicted octanol–water partition coefficient (Wildman–Crippen LogP) is 3.30. The number of urea groups is 1. The predicted molar refractivity (Wildman–Crippen MR) is 118 cm³/mol. The number of carbonyl (C=O) groups excluding carboxylic acids is 1. The summed E-state index contributed by atoms with van der Waals surface area (Å²) >= 11 is 3.42. The largest absolute Gasteiger partial charge is 0.381 e. The van der Waals surface area contributed by atoms with Crippen LogP contribution in [-0.4, -0.2) is 40.2 Å². The van der Waals surface area contributed by atoms with E-state index in [4.69, 9.17) is 9.72 Å². The van der Waals surface area contributed by atoms with Crippen molar-refractivity contribution in [3.63, 3.8) is 0 Å². The number of benzene rings is 1. The summed E-state index contributed by atoms with van der Waals surface area (Å²) in [5.74, 6) is 0.618. The number of rotatable bonds is 5. The van der Waals surface area contributed by atoms with Crippen molar-refractivity contribution in [3.05, 3.63) is 51.8 Å². The van der Waals surface area contributed by atoms with Gasteiger partial charge in [0.05, 0.1) is 17.8 Å². The summed E-state index contributed by atoms with van der Waals surface area (Å²) in [7, 11) is 0. The number of nitrogens with one attached hydrogen (secondary N) is 3. The minimum Gasteiger partial charge on any atom is -0.381 e. The molecular weight excluding hydrogens is 448 g/mol. The first-order chi connectivity index (χ1) is 14.4. The van der Waals surface area contributed by atoms with Crippen molar-refractivity contribution < 1.29 is 9.53 Å². The van der Waals surface area contributed by atoms with Gasteiger partial charge in [0.2, 0.25) is 5.95 Å².